The second-order valence-electron chi connectivity index (χ2n) is 7.95. The van der Waals surface area contributed by atoms with Crippen molar-refractivity contribution in [3.05, 3.63) is 58.9 Å². The molecule has 2 aliphatic rings. The molecule has 2 aromatic heterocycles. The lowest BCUT2D eigenvalue weighted by Gasteiger charge is -2.33. The Morgan fingerprint density at radius 2 is 1.93 bits per heavy atom. The quantitative estimate of drug-likeness (QED) is 0.671. The predicted octanol–water partition coefficient (Wildman–Crippen LogP) is 4.01. The van der Waals surface area contributed by atoms with E-state index in [4.69, 9.17) is 4.98 Å². The summed E-state index contributed by atoms with van der Waals surface area (Å²) in [5, 5.41) is 2.05. The smallest absolute Gasteiger partial charge is 0.274 e. The van der Waals surface area contributed by atoms with Crippen LogP contribution in [0.1, 0.15) is 53.3 Å². The first-order valence-corrected chi connectivity index (χ1v) is 11.2. The predicted molar refractivity (Wildman–Crippen MR) is 112 cm³/mol. The maximum Gasteiger partial charge on any atom is 0.274 e. The number of likely N-dealkylation sites (tertiary alicyclic amines) is 2. The molecule has 1 unspecified atom stereocenters. The Morgan fingerprint density at radius 3 is 2.75 bits per heavy atom. The summed E-state index contributed by atoms with van der Waals surface area (Å²) in [6.07, 6.45) is 6.70. The molecule has 5 nitrogen and oxygen atoms in total. The van der Waals surface area contributed by atoms with E-state index in [1.807, 2.05) is 4.90 Å². The Labute approximate surface area is 169 Å². The van der Waals surface area contributed by atoms with Gasteiger partial charge in [-0.25, -0.2) is 4.98 Å². The van der Waals surface area contributed by atoms with E-state index in [-0.39, 0.29) is 5.91 Å². The molecule has 4 heterocycles. The van der Waals surface area contributed by atoms with Crippen molar-refractivity contribution in [2.24, 2.45) is 0 Å². The average Bonchev–Trinajstić information content (AvgIpc) is 3.48. The number of aromatic nitrogens is 2. The number of carbonyl (C=O) groups excluding carboxylic acids is 1. The van der Waals surface area contributed by atoms with Gasteiger partial charge in [-0.15, -0.1) is 11.3 Å². The summed E-state index contributed by atoms with van der Waals surface area (Å²) < 4.78 is 2.13. The summed E-state index contributed by atoms with van der Waals surface area (Å²) in [5.41, 5.74) is 3.15. The highest BCUT2D eigenvalue weighted by molar-refractivity contribution is 7.15. The molecule has 0 radical (unpaired) electrons. The molecule has 1 aromatic carbocycles. The monoisotopic (exact) mass is 394 g/mol. The van der Waals surface area contributed by atoms with Crippen molar-refractivity contribution in [2.45, 2.75) is 38.1 Å². The van der Waals surface area contributed by atoms with Gasteiger partial charge in [0.2, 0.25) is 0 Å². The molecule has 3 aromatic rings. The third-order valence-corrected chi connectivity index (χ3v) is 6.86. The molecule has 2 aliphatic heterocycles. The third-order valence-electron chi connectivity index (χ3n) is 6.11. The van der Waals surface area contributed by atoms with E-state index in [0.717, 1.165) is 56.2 Å². The molecule has 0 spiro atoms. The zero-order chi connectivity index (χ0) is 18.9. The van der Waals surface area contributed by atoms with E-state index in [2.05, 4.69) is 51.2 Å². The molecule has 6 heteroatoms. The lowest BCUT2D eigenvalue weighted by Crippen LogP contribution is -2.35. The fraction of sp³-hybridized carbons (Fsp3) is 0.455. The van der Waals surface area contributed by atoms with Crippen molar-refractivity contribution in [3.63, 3.8) is 0 Å². The molecule has 1 atom stereocenters. The summed E-state index contributed by atoms with van der Waals surface area (Å²) in [4.78, 5) is 23.2. The highest BCUT2D eigenvalue weighted by atomic mass is 32.1. The molecular formula is C22H26N4OS. The number of hydrogen-bond donors (Lipinski definition) is 0. The minimum absolute atomic E-state index is 0.111. The minimum Gasteiger partial charge on any atom is -0.337 e. The molecule has 1 amide bonds. The highest BCUT2D eigenvalue weighted by Gasteiger charge is 2.29. The van der Waals surface area contributed by atoms with Crippen molar-refractivity contribution in [3.8, 4) is 0 Å². The van der Waals surface area contributed by atoms with Gasteiger partial charge in [0, 0.05) is 37.8 Å². The van der Waals surface area contributed by atoms with Crippen molar-refractivity contribution in [1.29, 1.82) is 0 Å². The summed E-state index contributed by atoms with van der Waals surface area (Å²) in [5.74, 6) is 0.679. The van der Waals surface area contributed by atoms with Crippen molar-refractivity contribution in [2.75, 3.05) is 26.2 Å². The second-order valence-corrected chi connectivity index (χ2v) is 8.82. The van der Waals surface area contributed by atoms with Crippen LogP contribution in [-0.4, -0.2) is 51.3 Å². The molecule has 146 valence electrons. The van der Waals surface area contributed by atoms with Gasteiger partial charge in [-0.3, -0.25) is 14.1 Å². The first-order valence-electron chi connectivity index (χ1n) is 10.3. The van der Waals surface area contributed by atoms with E-state index in [1.165, 1.54) is 18.4 Å². The fourth-order valence-corrected chi connectivity index (χ4v) is 5.37. The Hall–Kier alpha value is -2.18. The van der Waals surface area contributed by atoms with E-state index in [1.54, 1.807) is 11.3 Å². The van der Waals surface area contributed by atoms with Crippen LogP contribution in [0.5, 0.6) is 0 Å². The third kappa shape index (κ3) is 3.35. The van der Waals surface area contributed by atoms with Gasteiger partial charge in [0.05, 0.1) is 5.69 Å². The number of hydrogen-bond acceptors (Lipinski definition) is 4. The van der Waals surface area contributed by atoms with Gasteiger partial charge < -0.3 is 4.90 Å². The number of nitrogens with zero attached hydrogens (tertiary/aromatic N) is 4. The second kappa shape index (κ2) is 7.68. The maximum absolute atomic E-state index is 13.1. The maximum atomic E-state index is 13.1. The Balaban J connectivity index is 1.40. The number of rotatable bonds is 4. The van der Waals surface area contributed by atoms with Gasteiger partial charge in [-0.2, -0.15) is 0 Å². The van der Waals surface area contributed by atoms with Crippen LogP contribution in [0, 0.1) is 0 Å². The summed E-state index contributed by atoms with van der Waals surface area (Å²) in [6, 6.07) is 10.8. The van der Waals surface area contributed by atoms with Crippen LogP contribution < -0.4 is 0 Å². The number of imidazole rings is 1. The topological polar surface area (TPSA) is 40.9 Å². The van der Waals surface area contributed by atoms with Crippen molar-refractivity contribution >= 4 is 22.2 Å². The van der Waals surface area contributed by atoms with E-state index < -0.39 is 0 Å². The molecular weight excluding hydrogens is 368 g/mol. The van der Waals surface area contributed by atoms with Gasteiger partial charge in [0.15, 0.2) is 10.7 Å². The van der Waals surface area contributed by atoms with Gasteiger partial charge in [0.25, 0.3) is 5.91 Å². The number of carbonyl (C=O) groups is 1. The SMILES string of the molecule is O=C(c1nc2sccn2c1CN1CCCC(c2ccccc2)C1)N1CCCC1. The van der Waals surface area contributed by atoms with Gasteiger partial charge in [0.1, 0.15) is 0 Å². The van der Waals surface area contributed by atoms with Crippen LogP contribution in [0.3, 0.4) is 0 Å². The van der Waals surface area contributed by atoms with Gasteiger partial charge in [-0.05, 0) is 43.7 Å². The van der Waals surface area contributed by atoms with E-state index in [9.17, 15) is 4.79 Å². The van der Waals surface area contributed by atoms with Crippen LogP contribution in [0.25, 0.3) is 4.96 Å². The Kier molecular flexibility index (Phi) is 4.91. The fourth-order valence-electron chi connectivity index (χ4n) is 4.63. The summed E-state index contributed by atoms with van der Waals surface area (Å²) >= 11 is 1.60. The number of benzene rings is 1. The van der Waals surface area contributed by atoms with E-state index in [0.29, 0.717) is 11.6 Å². The number of fused-ring (bicyclic) bond motifs is 1. The normalized spacial score (nSPS) is 20.9. The zero-order valence-corrected chi connectivity index (χ0v) is 16.9. The van der Waals surface area contributed by atoms with Crippen LogP contribution in [0.15, 0.2) is 41.9 Å². The number of thiazole rings is 1. The molecule has 0 N–H and O–H groups in total. The molecule has 28 heavy (non-hydrogen) atoms. The van der Waals surface area contributed by atoms with Crippen LogP contribution in [-0.2, 0) is 6.54 Å². The molecule has 0 bridgehead atoms. The Bertz CT molecular complexity index is 957. The van der Waals surface area contributed by atoms with Gasteiger partial charge in [-0.1, -0.05) is 30.3 Å². The molecule has 0 aliphatic carbocycles. The van der Waals surface area contributed by atoms with Crippen molar-refractivity contribution < 1.29 is 4.79 Å². The van der Waals surface area contributed by atoms with Crippen molar-refractivity contribution in [1.82, 2.24) is 19.2 Å². The van der Waals surface area contributed by atoms with Gasteiger partial charge >= 0.3 is 0 Å². The number of amides is 1. The van der Waals surface area contributed by atoms with E-state index >= 15 is 0 Å². The zero-order valence-electron chi connectivity index (χ0n) is 16.1. The molecule has 2 saturated heterocycles. The van der Waals surface area contributed by atoms with Crippen LogP contribution >= 0.6 is 11.3 Å². The lowest BCUT2D eigenvalue weighted by molar-refractivity contribution is 0.0784. The van der Waals surface area contributed by atoms with Crippen LogP contribution in [0.4, 0.5) is 0 Å². The first-order chi connectivity index (χ1) is 13.8. The van der Waals surface area contributed by atoms with Crippen LogP contribution in [0.2, 0.25) is 0 Å². The summed E-state index contributed by atoms with van der Waals surface area (Å²) in [6.45, 7) is 4.64. The Morgan fingerprint density at radius 1 is 1.11 bits per heavy atom. The first kappa shape index (κ1) is 17.9. The number of piperidine rings is 1. The highest BCUT2D eigenvalue weighted by Crippen LogP contribution is 2.29. The molecule has 0 saturated carbocycles. The molecule has 2 fully saturated rings. The molecule has 5 rings (SSSR count). The largest absolute Gasteiger partial charge is 0.337 e. The summed E-state index contributed by atoms with van der Waals surface area (Å²) in [7, 11) is 0. The average molecular weight is 395 g/mol. The minimum atomic E-state index is 0.111. The standard InChI is InChI=1S/C22H26N4OS/c27-21(25-11-4-5-12-25)20-19(26-13-14-28-22(26)23-20)16-24-10-6-9-18(15-24)17-7-2-1-3-8-17/h1-3,7-8,13-14,18H,4-6,9-12,15-16H2. The lowest BCUT2D eigenvalue weighted by atomic mass is 9.90.